The lowest BCUT2D eigenvalue weighted by Crippen LogP contribution is -2.14. The van der Waals surface area contributed by atoms with Crippen molar-refractivity contribution in [2.45, 2.75) is 4.90 Å². The predicted molar refractivity (Wildman–Crippen MR) is 107 cm³/mol. The van der Waals surface area contributed by atoms with Crippen molar-refractivity contribution in [1.29, 1.82) is 0 Å². The van der Waals surface area contributed by atoms with Crippen LogP contribution in [0.1, 0.15) is 0 Å². The van der Waals surface area contributed by atoms with Crippen LogP contribution in [0.5, 0.6) is 11.5 Å². The lowest BCUT2D eigenvalue weighted by atomic mass is 10.2. The lowest BCUT2D eigenvalue weighted by molar-refractivity contribution is 0.414. The van der Waals surface area contributed by atoms with Crippen molar-refractivity contribution >= 4 is 32.3 Å². The maximum Gasteiger partial charge on any atom is 0.264 e. The van der Waals surface area contributed by atoms with Gasteiger partial charge in [-0.1, -0.05) is 0 Å². The Morgan fingerprint density at radius 2 is 1.57 bits per heavy atom. The number of nitrogens with one attached hydrogen (secondary N) is 1. The highest BCUT2D eigenvalue weighted by Crippen LogP contribution is 2.28. The van der Waals surface area contributed by atoms with E-state index in [0.29, 0.717) is 10.7 Å². The number of hydrogen-bond acceptors (Lipinski definition) is 7. The number of rotatable bonds is 6. The van der Waals surface area contributed by atoms with Crippen LogP contribution in [0.25, 0.3) is 16.2 Å². The van der Waals surface area contributed by atoms with Crippen LogP contribution in [0.15, 0.2) is 58.8 Å². The standard InChI is InChI=1S/C18H16N4O4S2/c1-25-13-5-3-12(4-6-13)16-11-27-18-19-17(20-22(16)18)21-28(23,24)15-9-7-14(26-2)8-10-15/h3-11H,1-2H3,(H,20,21). The number of aromatic nitrogens is 3. The first kappa shape index (κ1) is 18.3. The summed E-state index contributed by atoms with van der Waals surface area (Å²) < 4.78 is 39.4. The minimum atomic E-state index is -3.81. The molecular formula is C18H16N4O4S2. The van der Waals surface area contributed by atoms with Crippen molar-refractivity contribution in [3.8, 4) is 22.8 Å². The molecule has 0 aliphatic carbocycles. The molecule has 8 nitrogen and oxygen atoms in total. The molecule has 0 atom stereocenters. The van der Waals surface area contributed by atoms with Crippen LogP contribution in [-0.4, -0.2) is 37.2 Å². The number of thiazole rings is 1. The van der Waals surface area contributed by atoms with Gasteiger partial charge in [-0.05, 0) is 48.5 Å². The molecule has 2 aromatic carbocycles. The van der Waals surface area contributed by atoms with Gasteiger partial charge in [0.05, 0.1) is 24.8 Å². The molecule has 0 unspecified atom stereocenters. The van der Waals surface area contributed by atoms with E-state index in [4.69, 9.17) is 9.47 Å². The Kier molecular flexibility index (Phi) is 4.65. The molecule has 0 saturated carbocycles. The fourth-order valence-corrected chi connectivity index (χ4v) is 4.39. The van der Waals surface area contributed by atoms with Gasteiger partial charge in [-0.15, -0.1) is 16.4 Å². The molecule has 2 aromatic heterocycles. The Morgan fingerprint density at radius 3 is 2.18 bits per heavy atom. The second-order valence-electron chi connectivity index (χ2n) is 5.76. The van der Waals surface area contributed by atoms with E-state index in [2.05, 4.69) is 14.8 Å². The predicted octanol–water partition coefficient (Wildman–Crippen LogP) is 3.28. The van der Waals surface area contributed by atoms with Gasteiger partial charge in [0.25, 0.3) is 16.0 Å². The smallest absolute Gasteiger partial charge is 0.264 e. The number of nitrogens with zero attached hydrogens (tertiary/aromatic N) is 3. The summed E-state index contributed by atoms with van der Waals surface area (Å²) in [5.74, 6) is 1.34. The van der Waals surface area contributed by atoms with Gasteiger partial charge in [-0.2, -0.15) is 4.98 Å². The average molecular weight is 416 g/mol. The zero-order chi connectivity index (χ0) is 19.7. The summed E-state index contributed by atoms with van der Waals surface area (Å²) >= 11 is 1.37. The van der Waals surface area contributed by atoms with Gasteiger partial charge >= 0.3 is 0 Å². The van der Waals surface area contributed by atoms with E-state index in [9.17, 15) is 8.42 Å². The Morgan fingerprint density at radius 1 is 0.964 bits per heavy atom. The monoisotopic (exact) mass is 416 g/mol. The maximum atomic E-state index is 12.6. The molecule has 2 heterocycles. The molecule has 0 amide bonds. The summed E-state index contributed by atoms with van der Waals surface area (Å²) in [4.78, 5) is 4.95. The van der Waals surface area contributed by atoms with E-state index in [-0.39, 0.29) is 10.8 Å². The van der Waals surface area contributed by atoms with Crippen molar-refractivity contribution < 1.29 is 17.9 Å². The molecule has 0 aliphatic heterocycles. The van der Waals surface area contributed by atoms with Gasteiger partial charge in [-0.25, -0.2) is 17.7 Å². The topological polar surface area (TPSA) is 94.8 Å². The number of sulfonamides is 1. The highest BCUT2D eigenvalue weighted by atomic mass is 32.2. The normalized spacial score (nSPS) is 11.5. The van der Waals surface area contributed by atoms with Crippen molar-refractivity contribution in [2.75, 3.05) is 18.9 Å². The fraction of sp³-hybridized carbons (Fsp3) is 0.111. The highest BCUT2D eigenvalue weighted by molar-refractivity contribution is 7.92. The maximum absolute atomic E-state index is 12.6. The lowest BCUT2D eigenvalue weighted by Gasteiger charge is -2.05. The Hall–Kier alpha value is -3.11. The minimum absolute atomic E-state index is 0.0115. The second kappa shape index (κ2) is 7.13. The number of benzene rings is 2. The van der Waals surface area contributed by atoms with Crippen molar-refractivity contribution in [2.24, 2.45) is 0 Å². The van der Waals surface area contributed by atoms with Gasteiger partial charge in [-0.3, -0.25) is 0 Å². The third kappa shape index (κ3) is 3.39. The van der Waals surface area contributed by atoms with Crippen LogP contribution in [0.2, 0.25) is 0 Å². The highest BCUT2D eigenvalue weighted by Gasteiger charge is 2.19. The summed E-state index contributed by atoms with van der Waals surface area (Å²) in [7, 11) is -0.681. The first-order chi connectivity index (χ1) is 13.5. The summed E-state index contributed by atoms with van der Waals surface area (Å²) in [6.07, 6.45) is 0. The molecule has 0 aliphatic rings. The molecule has 4 aromatic rings. The first-order valence-corrected chi connectivity index (χ1v) is 10.5. The number of hydrogen-bond donors (Lipinski definition) is 1. The molecule has 0 spiro atoms. The van der Waals surface area contributed by atoms with E-state index in [1.807, 2.05) is 29.6 Å². The van der Waals surface area contributed by atoms with E-state index in [1.165, 1.54) is 30.6 Å². The average Bonchev–Trinajstić information content (AvgIpc) is 3.27. The fourth-order valence-electron chi connectivity index (χ4n) is 2.62. The van der Waals surface area contributed by atoms with Crippen LogP contribution in [0, 0.1) is 0 Å². The van der Waals surface area contributed by atoms with Crippen LogP contribution in [-0.2, 0) is 10.0 Å². The minimum Gasteiger partial charge on any atom is -0.497 e. The number of anilines is 1. The molecule has 4 rings (SSSR count). The quantitative estimate of drug-likeness (QED) is 0.518. The summed E-state index contributed by atoms with van der Waals surface area (Å²) in [5, 5.41) is 6.22. The molecule has 10 heteroatoms. The number of ether oxygens (including phenoxy) is 2. The van der Waals surface area contributed by atoms with Crippen LogP contribution in [0.4, 0.5) is 5.95 Å². The van der Waals surface area contributed by atoms with E-state index in [1.54, 1.807) is 23.8 Å². The summed E-state index contributed by atoms with van der Waals surface area (Å²) in [5.41, 5.74) is 1.73. The third-order valence-corrected chi connectivity index (χ3v) is 6.22. The Bertz CT molecular complexity index is 1210. The van der Waals surface area contributed by atoms with Gasteiger partial charge in [0, 0.05) is 10.9 Å². The van der Waals surface area contributed by atoms with E-state index < -0.39 is 10.0 Å². The van der Waals surface area contributed by atoms with Crippen LogP contribution < -0.4 is 14.2 Å². The molecule has 0 radical (unpaired) electrons. The first-order valence-electron chi connectivity index (χ1n) is 8.16. The molecule has 1 N–H and O–H groups in total. The van der Waals surface area contributed by atoms with E-state index in [0.717, 1.165) is 17.0 Å². The summed E-state index contributed by atoms with van der Waals surface area (Å²) in [6.45, 7) is 0. The van der Waals surface area contributed by atoms with Gasteiger partial charge in [0.2, 0.25) is 4.96 Å². The Labute approximate surface area is 165 Å². The van der Waals surface area contributed by atoms with E-state index >= 15 is 0 Å². The zero-order valence-corrected chi connectivity index (χ0v) is 16.6. The third-order valence-electron chi connectivity index (χ3n) is 4.06. The van der Waals surface area contributed by atoms with Crippen molar-refractivity contribution in [3.05, 3.63) is 53.9 Å². The van der Waals surface area contributed by atoms with Crippen molar-refractivity contribution in [3.63, 3.8) is 0 Å². The largest absolute Gasteiger partial charge is 0.497 e. The number of methoxy groups -OCH3 is 2. The van der Waals surface area contributed by atoms with Gasteiger partial charge in [0.15, 0.2) is 0 Å². The summed E-state index contributed by atoms with van der Waals surface area (Å²) in [6, 6.07) is 13.6. The van der Waals surface area contributed by atoms with Gasteiger partial charge < -0.3 is 9.47 Å². The molecule has 28 heavy (non-hydrogen) atoms. The molecule has 0 saturated heterocycles. The zero-order valence-electron chi connectivity index (χ0n) is 15.0. The molecule has 0 bridgehead atoms. The second-order valence-corrected chi connectivity index (χ2v) is 8.28. The molecular weight excluding hydrogens is 400 g/mol. The number of fused-ring (bicyclic) bond motifs is 1. The molecule has 0 fully saturated rings. The SMILES string of the molecule is COc1ccc(-c2csc3nc(NS(=O)(=O)c4ccc(OC)cc4)nn23)cc1. The van der Waals surface area contributed by atoms with Gasteiger partial charge in [0.1, 0.15) is 11.5 Å². The van der Waals surface area contributed by atoms with Crippen molar-refractivity contribution in [1.82, 2.24) is 14.6 Å². The van der Waals surface area contributed by atoms with Crippen LogP contribution in [0.3, 0.4) is 0 Å². The molecule has 144 valence electrons. The van der Waals surface area contributed by atoms with Crippen LogP contribution >= 0.6 is 11.3 Å². The Balaban J connectivity index is 1.63.